The zero-order chi connectivity index (χ0) is 9.26. The van der Waals surface area contributed by atoms with Crippen molar-refractivity contribution in [2.24, 2.45) is 0 Å². The predicted octanol–water partition coefficient (Wildman–Crippen LogP) is 1.03. The highest BCUT2D eigenvalue weighted by atomic mass is 14.8. The van der Waals surface area contributed by atoms with Crippen LogP contribution in [0.5, 0.6) is 0 Å². The Hall–Kier alpha value is -0.755. The van der Waals surface area contributed by atoms with Crippen LogP contribution in [0, 0.1) is 6.92 Å². The number of hydrogen-bond acceptors (Lipinski definition) is 1. The Morgan fingerprint density at radius 2 is 2.31 bits per heavy atom. The van der Waals surface area contributed by atoms with Crippen LogP contribution in [0.1, 0.15) is 16.7 Å². The molecule has 1 N–H and O–H groups in total. The molecule has 0 bridgehead atoms. The lowest BCUT2D eigenvalue weighted by molar-refractivity contribution is 0.698. The molecule has 0 saturated carbocycles. The molecule has 1 heterocycles. The summed E-state index contributed by atoms with van der Waals surface area (Å²) in [5, 5.41) is 3.36. The van der Waals surface area contributed by atoms with Crippen LogP contribution >= 0.6 is 0 Å². The van der Waals surface area contributed by atoms with E-state index in [1.807, 2.05) is 0 Å². The van der Waals surface area contributed by atoms with E-state index in [4.69, 9.17) is 0 Å². The van der Waals surface area contributed by atoms with E-state index in [9.17, 15) is 0 Å². The maximum Gasteiger partial charge on any atom is 0.147 e. The Morgan fingerprint density at radius 1 is 1.46 bits per heavy atom. The summed E-state index contributed by atoms with van der Waals surface area (Å²) in [6.07, 6.45) is 2.45. The molecule has 0 spiro atoms. The number of hydrogen-bond donors (Lipinski definition) is 1. The smallest absolute Gasteiger partial charge is 0.147 e. The lowest BCUT2D eigenvalue weighted by atomic mass is 9.58. The van der Waals surface area contributed by atoms with Crippen molar-refractivity contribution in [3.05, 3.63) is 34.9 Å². The summed E-state index contributed by atoms with van der Waals surface area (Å²) in [6.45, 7) is 2.22. The largest absolute Gasteiger partial charge is 0.324 e. The normalized spacial score (nSPS) is 20.6. The number of aryl methyl sites for hydroxylation is 1. The van der Waals surface area contributed by atoms with Crippen molar-refractivity contribution in [3.8, 4) is 0 Å². The molecule has 2 heteroatoms. The standard InChI is InChI=1S/C11H16BN/c1-8-4-3-5-9-6-11(13-2)12-7-10(8)9/h3-5,11-13H,6-7H2,1-2H3. The van der Waals surface area contributed by atoms with Gasteiger partial charge in [0.2, 0.25) is 0 Å². The summed E-state index contributed by atoms with van der Waals surface area (Å²) in [6, 6.07) is 6.66. The Balaban J connectivity index is 2.31. The van der Waals surface area contributed by atoms with Gasteiger partial charge in [-0.2, -0.15) is 0 Å². The molecular formula is C11H16BN. The molecule has 13 heavy (non-hydrogen) atoms. The summed E-state index contributed by atoms with van der Waals surface area (Å²) >= 11 is 0. The average Bonchev–Trinajstić information content (AvgIpc) is 2.18. The molecule has 0 amide bonds. The Morgan fingerprint density at radius 3 is 3.08 bits per heavy atom. The Kier molecular flexibility index (Phi) is 2.41. The molecule has 1 aromatic carbocycles. The fourth-order valence-electron chi connectivity index (χ4n) is 2.24. The molecule has 0 aromatic heterocycles. The summed E-state index contributed by atoms with van der Waals surface area (Å²) < 4.78 is 0. The van der Waals surface area contributed by atoms with E-state index in [-0.39, 0.29) is 0 Å². The Bertz CT molecular complexity index is 309. The molecule has 0 saturated heterocycles. The molecular weight excluding hydrogens is 157 g/mol. The van der Waals surface area contributed by atoms with Gasteiger partial charge in [-0.15, -0.1) is 0 Å². The van der Waals surface area contributed by atoms with Crippen LogP contribution in [0.15, 0.2) is 18.2 Å². The van der Waals surface area contributed by atoms with E-state index in [0.29, 0.717) is 5.94 Å². The lowest BCUT2D eigenvalue weighted by Crippen LogP contribution is -2.38. The van der Waals surface area contributed by atoms with Gasteiger partial charge in [-0.1, -0.05) is 24.5 Å². The van der Waals surface area contributed by atoms with Crippen LogP contribution in [-0.4, -0.2) is 20.3 Å². The van der Waals surface area contributed by atoms with Crippen molar-refractivity contribution in [1.82, 2.24) is 5.32 Å². The van der Waals surface area contributed by atoms with Gasteiger partial charge < -0.3 is 5.32 Å². The van der Waals surface area contributed by atoms with Crippen LogP contribution in [0.4, 0.5) is 0 Å². The molecule has 1 aliphatic rings. The molecule has 68 valence electrons. The molecule has 0 aliphatic carbocycles. The first kappa shape index (κ1) is 8.83. The van der Waals surface area contributed by atoms with E-state index in [1.165, 1.54) is 25.6 Å². The predicted molar refractivity (Wildman–Crippen MR) is 58.6 cm³/mol. The third-order valence-electron chi connectivity index (χ3n) is 3.12. The van der Waals surface area contributed by atoms with Gasteiger partial charge in [0, 0.05) is 0 Å². The number of rotatable bonds is 1. The van der Waals surface area contributed by atoms with Gasteiger partial charge in [-0.3, -0.25) is 0 Å². The average molecular weight is 173 g/mol. The van der Waals surface area contributed by atoms with Crippen molar-refractivity contribution >= 4 is 7.28 Å². The molecule has 1 aromatic rings. The van der Waals surface area contributed by atoms with E-state index in [0.717, 1.165) is 0 Å². The van der Waals surface area contributed by atoms with Gasteiger partial charge in [-0.05, 0) is 43.0 Å². The maximum absolute atomic E-state index is 3.36. The van der Waals surface area contributed by atoms with Gasteiger partial charge in [0.1, 0.15) is 7.28 Å². The van der Waals surface area contributed by atoms with Gasteiger partial charge in [0.05, 0.1) is 0 Å². The second-order valence-corrected chi connectivity index (χ2v) is 3.94. The fraction of sp³-hybridized carbons (Fsp3) is 0.455. The molecule has 1 atom stereocenters. The first-order chi connectivity index (χ1) is 6.31. The molecule has 1 aliphatic heterocycles. The summed E-state index contributed by atoms with van der Waals surface area (Å²) in [4.78, 5) is 0. The van der Waals surface area contributed by atoms with Gasteiger partial charge >= 0.3 is 0 Å². The van der Waals surface area contributed by atoms with Crippen LogP contribution in [0.3, 0.4) is 0 Å². The minimum absolute atomic E-state index is 0.689. The summed E-state index contributed by atoms with van der Waals surface area (Å²) in [5.74, 6) is 0.689. The van der Waals surface area contributed by atoms with E-state index in [1.54, 1.807) is 11.1 Å². The first-order valence-electron chi connectivity index (χ1n) is 5.06. The Labute approximate surface area is 80.8 Å². The quantitative estimate of drug-likeness (QED) is 0.625. The molecule has 1 nitrogen and oxygen atoms in total. The second-order valence-electron chi connectivity index (χ2n) is 3.94. The molecule has 0 radical (unpaired) electrons. The van der Waals surface area contributed by atoms with Crippen molar-refractivity contribution < 1.29 is 0 Å². The maximum atomic E-state index is 3.36. The first-order valence-corrected chi connectivity index (χ1v) is 5.06. The zero-order valence-electron chi connectivity index (χ0n) is 8.43. The van der Waals surface area contributed by atoms with Crippen LogP contribution in [0.2, 0.25) is 0 Å². The molecule has 1 unspecified atom stereocenters. The third-order valence-corrected chi connectivity index (χ3v) is 3.12. The van der Waals surface area contributed by atoms with Crippen LogP contribution in [-0.2, 0) is 12.7 Å². The van der Waals surface area contributed by atoms with Crippen molar-refractivity contribution in [2.45, 2.75) is 25.6 Å². The fourth-order valence-corrected chi connectivity index (χ4v) is 2.24. The minimum Gasteiger partial charge on any atom is -0.324 e. The third kappa shape index (κ3) is 1.64. The lowest BCUT2D eigenvalue weighted by Gasteiger charge is -2.24. The monoisotopic (exact) mass is 173 g/mol. The highest BCUT2D eigenvalue weighted by Gasteiger charge is 2.18. The van der Waals surface area contributed by atoms with Crippen molar-refractivity contribution in [3.63, 3.8) is 0 Å². The van der Waals surface area contributed by atoms with E-state index >= 15 is 0 Å². The number of likely N-dealkylation sites (N-methyl/N-ethyl adjacent to an activating group) is 1. The van der Waals surface area contributed by atoms with Gasteiger partial charge in [0.25, 0.3) is 0 Å². The highest BCUT2D eigenvalue weighted by Crippen LogP contribution is 2.20. The minimum atomic E-state index is 0.689. The SMILES string of the molecule is CNC1BCc2c(C)cccc2C1. The highest BCUT2D eigenvalue weighted by molar-refractivity contribution is 6.38. The van der Waals surface area contributed by atoms with Crippen molar-refractivity contribution in [1.29, 1.82) is 0 Å². The molecule has 0 fully saturated rings. The van der Waals surface area contributed by atoms with Gasteiger partial charge in [0.15, 0.2) is 0 Å². The summed E-state index contributed by atoms with van der Waals surface area (Å²) in [5.41, 5.74) is 4.60. The number of fused-ring (bicyclic) bond motifs is 1. The topological polar surface area (TPSA) is 12.0 Å². The van der Waals surface area contributed by atoms with Crippen LogP contribution < -0.4 is 5.32 Å². The summed E-state index contributed by atoms with van der Waals surface area (Å²) in [7, 11) is 3.35. The number of benzene rings is 1. The van der Waals surface area contributed by atoms with Gasteiger partial charge in [-0.25, -0.2) is 0 Å². The van der Waals surface area contributed by atoms with E-state index < -0.39 is 0 Å². The second kappa shape index (κ2) is 3.55. The number of nitrogens with one attached hydrogen (secondary N) is 1. The van der Waals surface area contributed by atoms with Crippen LogP contribution in [0.25, 0.3) is 0 Å². The molecule has 2 rings (SSSR count). The van der Waals surface area contributed by atoms with E-state index in [2.05, 4.69) is 37.5 Å². The van der Waals surface area contributed by atoms with Crippen molar-refractivity contribution in [2.75, 3.05) is 7.05 Å². The zero-order valence-corrected chi connectivity index (χ0v) is 8.43.